The lowest BCUT2D eigenvalue weighted by atomic mass is 10.2. The lowest BCUT2D eigenvalue weighted by Gasteiger charge is -2.15. The summed E-state index contributed by atoms with van der Waals surface area (Å²) in [4.78, 5) is 16.0. The first-order valence-electron chi connectivity index (χ1n) is 8.08. The van der Waals surface area contributed by atoms with Gasteiger partial charge in [-0.25, -0.2) is 4.98 Å². The molecule has 0 radical (unpaired) electrons. The minimum absolute atomic E-state index is 0.138. The highest BCUT2D eigenvalue weighted by atomic mass is 35.5. The lowest BCUT2D eigenvalue weighted by molar-refractivity contribution is -0.113. The van der Waals surface area contributed by atoms with Gasteiger partial charge in [-0.1, -0.05) is 23.4 Å². The molecule has 1 N–H and O–H groups in total. The average Bonchev–Trinajstić information content (AvgIpc) is 3.26. The Morgan fingerprint density at radius 3 is 2.96 bits per heavy atom. The molecule has 0 bridgehead atoms. The molecule has 3 rings (SSSR count). The van der Waals surface area contributed by atoms with Gasteiger partial charge in [0.05, 0.1) is 5.75 Å². The van der Waals surface area contributed by atoms with Crippen LogP contribution in [0.25, 0.3) is 0 Å². The SMILES string of the molecule is Cc1cc(OC(C)c2nnc(SCC(=O)Nc3nccs3)n2C)ccc1Cl. The molecule has 1 atom stereocenters. The molecule has 0 aliphatic carbocycles. The quantitative estimate of drug-likeness (QED) is 0.576. The fourth-order valence-corrected chi connectivity index (χ4v) is 3.70. The number of benzene rings is 1. The molecule has 0 saturated heterocycles. The maximum Gasteiger partial charge on any atom is 0.236 e. The van der Waals surface area contributed by atoms with Crippen LogP contribution in [-0.4, -0.2) is 31.4 Å². The second-order valence-corrected chi connectivity index (χ2v) is 7.99. The van der Waals surface area contributed by atoms with E-state index in [0.717, 1.165) is 5.56 Å². The van der Waals surface area contributed by atoms with Crippen molar-refractivity contribution < 1.29 is 9.53 Å². The van der Waals surface area contributed by atoms with E-state index in [-0.39, 0.29) is 17.8 Å². The van der Waals surface area contributed by atoms with Crippen LogP contribution in [0, 0.1) is 6.92 Å². The number of aromatic nitrogens is 4. The van der Waals surface area contributed by atoms with E-state index in [2.05, 4.69) is 20.5 Å². The van der Waals surface area contributed by atoms with Crippen molar-refractivity contribution in [3.63, 3.8) is 0 Å². The molecule has 1 amide bonds. The monoisotopic (exact) mass is 423 g/mol. The van der Waals surface area contributed by atoms with Crippen molar-refractivity contribution in [1.29, 1.82) is 0 Å². The van der Waals surface area contributed by atoms with Crippen LogP contribution in [0.4, 0.5) is 5.13 Å². The van der Waals surface area contributed by atoms with Gasteiger partial charge in [-0.15, -0.1) is 21.5 Å². The normalized spacial score (nSPS) is 12.0. The summed E-state index contributed by atoms with van der Waals surface area (Å²) in [5, 5.41) is 14.8. The zero-order chi connectivity index (χ0) is 19.4. The molecule has 10 heteroatoms. The fraction of sp³-hybridized carbons (Fsp3) is 0.294. The van der Waals surface area contributed by atoms with E-state index in [1.54, 1.807) is 17.6 Å². The Balaban J connectivity index is 1.60. The number of halogens is 1. The van der Waals surface area contributed by atoms with Gasteiger partial charge < -0.3 is 14.6 Å². The highest BCUT2D eigenvalue weighted by Gasteiger charge is 2.18. The molecule has 0 aliphatic heterocycles. The molecule has 2 aromatic heterocycles. The van der Waals surface area contributed by atoms with Crippen LogP contribution in [-0.2, 0) is 11.8 Å². The lowest BCUT2D eigenvalue weighted by Crippen LogP contribution is -2.14. The predicted octanol–water partition coefficient (Wildman–Crippen LogP) is 4.10. The van der Waals surface area contributed by atoms with Crippen molar-refractivity contribution >= 4 is 45.7 Å². The Morgan fingerprint density at radius 2 is 2.26 bits per heavy atom. The van der Waals surface area contributed by atoms with Crippen LogP contribution in [0.3, 0.4) is 0 Å². The van der Waals surface area contributed by atoms with Gasteiger partial charge in [-0.05, 0) is 37.6 Å². The number of nitrogens with zero attached hydrogens (tertiary/aromatic N) is 4. The minimum Gasteiger partial charge on any atom is -0.483 e. The van der Waals surface area contributed by atoms with Gasteiger partial charge in [0.2, 0.25) is 5.91 Å². The summed E-state index contributed by atoms with van der Waals surface area (Å²) in [5.41, 5.74) is 0.946. The number of amides is 1. The predicted molar refractivity (Wildman–Crippen MR) is 108 cm³/mol. The first-order chi connectivity index (χ1) is 12.9. The standard InChI is InChI=1S/C17H18ClN5O2S2/c1-10-8-12(4-5-13(10)18)25-11(2)15-21-22-17(23(15)3)27-9-14(24)20-16-19-6-7-26-16/h4-8,11H,9H2,1-3H3,(H,19,20,24). The highest BCUT2D eigenvalue weighted by molar-refractivity contribution is 7.99. The Hall–Kier alpha value is -2.10. The summed E-state index contributed by atoms with van der Waals surface area (Å²) in [6.07, 6.45) is 1.34. The number of nitrogens with one attached hydrogen (secondary N) is 1. The Labute approximate surface area is 170 Å². The third-order valence-electron chi connectivity index (χ3n) is 3.69. The molecule has 3 aromatic rings. The van der Waals surface area contributed by atoms with E-state index in [1.807, 2.05) is 37.6 Å². The smallest absolute Gasteiger partial charge is 0.236 e. The first-order valence-corrected chi connectivity index (χ1v) is 10.3. The van der Waals surface area contributed by atoms with Crippen LogP contribution in [0.5, 0.6) is 5.75 Å². The second-order valence-electron chi connectivity index (χ2n) is 5.74. The van der Waals surface area contributed by atoms with Crippen molar-refractivity contribution in [1.82, 2.24) is 19.7 Å². The van der Waals surface area contributed by atoms with E-state index in [9.17, 15) is 4.79 Å². The van der Waals surface area contributed by atoms with E-state index >= 15 is 0 Å². The van der Waals surface area contributed by atoms with Crippen molar-refractivity contribution in [2.75, 3.05) is 11.1 Å². The third-order valence-corrected chi connectivity index (χ3v) is 5.82. The number of carbonyl (C=O) groups is 1. The molecule has 0 spiro atoms. The van der Waals surface area contributed by atoms with E-state index < -0.39 is 0 Å². The molecule has 1 aromatic carbocycles. The van der Waals surface area contributed by atoms with Gasteiger partial charge in [-0.3, -0.25) is 4.79 Å². The van der Waals surface area contributed by atoms with Crippen molar-refractivity contribution in [2.45, 2.75) is 25.1 Å². The van der Waals surface area contributed by atoms with Crippen LogP contribution in [0.15, 0.2) is 34.9 Å². The van der Waals surface area contributed by atoms with Crippen LogP contribution in [0.2, 0.25) is 5.02 Å². The van der Waals surface area contributed by atoms with Crippen LogP contribution in [0.1, 0.15) is 24.4 Å². The zero-order valence-electron chi connectivity index (χ0n) is 15.0. The molecule has 0 aliphatic rings. The molecule has 27 heavy (non-hydrogen) atoms. The maximum atomic E-state index is 12.0. The number of ether oxygens (including phenoxy) is 1. The van der Waals surface area contributed by atoms with Gasteiger partial charge >= 0.3 is 0 Å². The number of anilines is 1. The molecule has 2 heterocycles. The highest BCUT2D eigenvalue weighted by Crippen LogP contribution is 2.26. The number of thioether (sulfide) groups is 1. The number of carbonyl (C=O) groups excluding carboxylic acids is 1. The van der Waals surface area contributed by atoms with Crippen LogP contribution < -0.4 is 10.1 Å². The van der Waals surface area contributed by atoms with Gasteiger partial charge in [0.15, 0.2) is 22.2 Å². The molecule has 0 saturated carbocycles. The van der Waals surface area contributed by atoms with Crippen molar-refractivity contribution in [3.8, 4) is 5.75 Å². The third kappa shape index (κ3) is 5.00. The van der Waals surface area contributed by atoms with Crippen LogP contribution >= 0.6 is 34.7 Å². The van der Waals surface area contributed by atoms with E-state index in [1.165, 1.54) is 23.1 Å². The van der Waals surface area contributed by atoms with Crippen molar-refractivity contribution in [2.24, 2.45) is 7.05 Å². The minimum atomic E-state index is -0.304. The van der Waals surface area contributed by atoms with E-state index in [4.69, 9.17) is 16.3 Å². The van der Waals surface area contributed by atoms with Gasteiger partial charge in [0.25, 0.3) is 0 Å². The summed E-state index contributed by atoms with van der Waals surface area (Å²) >= 11 is 8.73. The summed E-state index contributed by atoms with van der Waals surface area (Å²) in [6.45, 7) is 3.82. The fourth-order valence-electron chi connectivity index (χ4n) is 2.32. The number of aryl methyl sites for hydroxylation is 1. The Bertz CT molecular complexity index is 930. The van der Waals surface area contributed by atoms with E-state index in [0.29, 0.717) is 26.9 Å². The molecule has 1 unspecified atom stereocenters. The summed E-state index contributed by atoms with van der Waals surface area (Å²) < 4.78 is 7.78. The summed E-state index contributed by atoms with van der Waals surface area (Å²) in [6, 6.07) is 5.51. The molecule has 142 valence electrons. The van der Waals surface area contributed by atoms with Gasteiger partial charge in [0.1, 0.15) is 5.75 Å². The maximum absolute atomic E-state index is 12.0. The summed E-state index contributed by atoms with van der Waals surface area (Å²) in [5.74, 6) is 1.47. The number of thiazole rings is 1. The first kappa shape index (κ1) is 19.7. The average molecular weight is 424 g/mol. The van der Waals surface area contributed by atoms with Crippen molar-refractivity contribution in [3.05, 3.63) is 46.2 Å². The second kappa shape index (κ2) is 8.73. The number of rotatable bonds is 7. The van der Waals surface area contributed by atoms with Gasteiger partial charge in [0, 0.05) is 23.6 Å². The molecule has 7 nitrogen and oxygen atoms in total. The Kier molecular flexibility index (Phi) is 6.35. The molecular weight excluding hydrogens is 406 g/mol. The van der Waals surface area contributed by atoms with Gasteiger partial charge in [-0.2, -0.15) is 0 Å². The largest absolute Gasteiger partial charge is 0.483 e. The number of hydrogen-bond acceptors (Lipinski definition) is 7. The summed E-state index contributed by atoms with van der Waals surface area (Å²) in [7, 11) is 1.85. The molecule has 0 fully saturated rings. The topological polar surface area (TPSA) is 81.9 Å². The molecular formula is C17H18ClN5O2S2. The zero-order valence-corrected chi connectivity index (χ0v) is 17.4. The Morgan fingerprint density at radius 1 is 1.44 bits per heavy atom. The number of hydrogen-bond donors (Lipinski definition) is 1.